The third-order valence-corrected chi connectivity index (χ3v) is 4.62. The topological polar surface area (TPSA) is 53.8 Å². The molecule has 1 aliphatic rings. The van der Waals surface area contributed by atoms with Gasteiger partial charge in [-0.25, -0.2) is 0 Å². The second-order valence-corrected chi connectivity index (χ2v) is 6.83. The lowest BCUT2D eigenvalue weighted by molar-refractivity contribution is 0.0445. The molecule has 2 aromatic rings. The number of aliphatic hydroxyl groups is 1. The molecule has 0 aliphatic carbocycles. The lowest BCUT2D eigenvalue weighted by atomic mass is 10.2. The summed E-state index contributed by atoms with van der Waals surface area (Å²) in [6, 6.07) is 7.91. The van der Waals surface area contributed by atoms with Gasteiger partial charge in [-0.3, -0.25) is 14.5 Å². The molecule has 1 aromatic heterocycles. The molecule has 1 N–H and O–H groups in total. The molecular weight excluding hydrogens is 316 g/mol. The molecule has 2 heterocycles. The number of rotatable bonds is 7. The summed E-state index contributed by atoms with van der Waals surface area (Å²) < 4.78 is 7.59. The van der Waals surface area contributed by atoms with Gasteiger partial charge in [0.15, 0.2) is 0 Å². The van der Waals surface area contributed by atoms with Crippen LogP contribution in [0.15, 0.2) is 36.7 Å². The lowest BCUT2D eigenvalue weighted by Crippen LogP contribution is -2.48. The fourth-order valence-electron chi connectivity index (χ4n) is 3.20. The summed E-state index contributed by atoms with van der Waals surface area (Å²) >= 11 is 0. The molecule has 3 rings (SSSR count). The minimum atomic E-state index is -0.468. The molecule has 0 unspecified atom stereocenters. The van der Waals surface area contributed by atoms with Crippen LogP contribution in [0.25, 0.3) is 0 Å². The zero-order valence-corrected chi connectivity index (χ0v) is 15.1. The maximum Gasteiger partial charge on any atom is 0.122 e. The van der Waals surface area contributed by atoms with E-state index in [1.807, 2.05) is 49.1 Å². The van der Waals surface area contributed by atoms with E-state index in [1.165, 1.54) is 5.56 Å². The monoisotopic (exact) mass is 344 g/mol. The number of aromatic nitrogens is 2. The fourth-order valence-corrected chi connectivity index (χ4v) is 3.20. The van der Waals surface area contributed by atoms with Gasteiger partial charge in [0.25, 0.3) is 0 Å². The van der Waals surface area contributed by atoms with Gasteiger partial charge in [-0.05, 0) is 18.6 Å². The highest BCUT2D eigenvalue weighted by atomic mass is 16.5. The van der Waals surface area contributed by atoms with Crippen LogP contribution in [-0.4, -0.2) is 70.1 Å². The molecule has 1 fully saturated rings. The van der Waals surface area contributed by atoms with Crippen molar-refractivity contribution >= 4 is 0 Å². The maximum atomic E-state index is 10.3. The number of hydrogen-bond acceptors (Lipinski definition) is 5. The highest BCUT2D eigenvalue weighted by Gasteiger charge is 2.20. The second-order valence-electron chi connectivity index (χ2n) is 6.83. The zero-order valence-electron chi connectivity index (χ0n) is 15.1. The van der Waals surface area contributed by atoms with Crippen molar-refractivity contribution in [2.75, 3.05) is 39.3 Å². The third kappa shape index (κ3) is 5.29. The number of aryl methyl sites for hydroxylation is 2. The van der Waals surface area contributed by atoms with Crippen molar-refractivity contribution in [3.8, 4) is 5.75 Å². The van der Waals surface area contributed by atoms with Gasteiger partial charge in [0.2, 0.25) is 0 Å². The Labute approximate surface area is 149 Å². The van der Waals surface area contributed by atoms with E-state index in [9.17, 15) is 5.11 Å². The van der Waals surface area contributed by atoms with Crippen molar-refractivity contribution in [3.05, 3.63) is 47.8 Å². The van der Waals surface area contributed by atoms with Crippen LogP contribution >= 0.6 is 0 Å². The Bertz CT molecular complexity index is 665. The maximum absolute atomic E-state index is 10.3. The quantitative estimate of drug-likeness (QED) is 0.820. The molecule has 0 spiro atoms. The van der Waals surface area contributed by atoms with E-state index in [0.717, 1.165) is 44.0 Å². The summed E-state index contributed by atoms with van der Waals surface area (Å²) in [5, 5.41) is 14.5. The van der Waals surface area contributed by atoms with Gasteiger partial charge in [0.05, 0.1) is 6.20 Å². The summed E-state index contributed by atoms with van der Waals surface area (Å²) in [6.07, 6.45) is 3.53. The minimum Gasteiger partial charge on any atom is -0.491 e. The standard InChI is InChI=1S/C19H28N4O2/c1-16-5-3-4-6-19(16)25-15-18(24)14-23-9-7-22(8-10-23)13-17-11-20-21(2)12-17/h3-6,11-12,18,24H,7-10,13-15H2,1-2H3/t18-/m0/s1. The number of β-amino-alcohol motifs (C(OH)–C–C–N with tert-alkyl or cyclic N) is 1. The Morgan fingerprint density at radius 1 is 1.16 bits per heavy atom. The largest absolute Gasteiger partial charge is 0.491 e. The van der Waals surface area contributed by atoms with Gasteiger partial charge in [-0.15, -0.1) is 0 Å². The molecule has 6 heteroatoms. The molecule has 0 saturated carbocycles. The molecule has 1 atom stereocenters. The number of ether oxygens (including phenoxy) is 1. The Morgan fingerprint density at radius 2 is 1.88 bits per heavy atom. The minimum absolute atomic E-state index is 0.334. The van der Waals surface area contributed by atoms with Crippen LogP contribution in [0.5, 0.6) is 5.75 Å². The molecule has 1 aromatic carbocycles. The second kappa shape index (κ2) is 8.47. The van der Waals surface area contributed by atoms with Crippen molar-refractivity contribution in [1.82, 2.24) is 19.6 Å². The molecule has 0 amide bonds. The van der Waals surface area contributed by atoms with Crippen molar-refractivity contribution in [1.29, 1.82) is 0 Å². The van der Waals surface area contributed by atoms with Crippen LogP contribution in [-0.2, 0) is 13.6 Å². The lowest BCUT2D eigenvalue weighted by Gasteiger charge is -2.35. The highest BCUT2D eigenvalue weighted by molar-refractivity contribution is 5.31. The van der Waals surface area contributed by atoms with E-state index in [1.54, 1.807) is 0 Å². The summed E-state index contributed by atoms with van der Waals surface area (Å²) in [6.45, 7) is 7.93. The first-order valence-corrected chi connectivity index (χ1v) is 8.89. The van der Waals surface area contributed by atoms with Gasteiger partial charge in [0, 0.05) is 58.1 Å². The molecular formula is C19H28N4O2. The normalized spacial score (nSPS) is 17.6. The number of para-hydroxylation sites is 1. The molecule has 0 bridgehead atoms. The van der Waals surface area contributed by atoms with E-state index in [-0.39, 0.29) is 0 Å². The van der Waals surface area contributed by atoms with Crippen molar-refractivity contribution < 1.29 is 9.84 Å². The van der Waals surface area contributed by atoms with Crippen LogP contribution < -0.4 is 4.74 Å². The molecule has 25 heavy (non-hydrogen) atoms. The van der Waals surface area contributed by atoms with Gasteiger partial charge in [-0.2, -0.15) is 5.10 Å². The van der Waals surface area contributed by atoms with Crippen molar-refractivity contribution in [2.45, 2.75) is 19.6 Å². The summed E-state index contributed by atoms with van der Waals surface area (Å²) in [7, 11) is 1.95. The van der Waals surface area contributed by atoms with Crippen LogP contribution in [0.3, 0.4) is 0 Å². The summed E-state index contributed by atoms with van der Waals surface area (Å²) in [5.74, 6) is 0.850. The smallest absolute Gasteiger partial charge is 0.122 e. The number of nitrogens with zero attached hydrogens (tertiary/aromatic N) is 4. The Hall–Kier alpha value is -1.89. The SMILES string of the molecule is Cc1ccccc1OC[C@@H](O)CN1CCN(Cc2cnn(C)c2)CC1. The summed E-state index contributed by atoms with van der Waals surface area (Å²) in [4.78, 5) is 4.75. The third-order valence-electron chi connectivity index (χ3n) is 4.62. The number of hydrogen-bond donors (Lipinski definition) is 1. The van der Waals surface area contributed by atoms with E-state index in [4.69, 9.17) is 4.74 Å². The van der Waals surface area contributed by atoms with Crippen LogP contribution in [0, 0.1) is 6.92 Å². The molecule has 6 nitrogen and oxygen atoms in total. The van der Waals surface area contributed by atoms with Gasteiger partial charge < -0.3 is 9.84 Å². The predicted molar refractivity (Wildman–Crippen MR) is 97.6 cm³/mol. The number of piperazine rings is 1. The molecule has 1 aliphatic heterocycles. The van der Waals surface area contributed by atoms with Gasteiger partial charge in [0.1, 0.15) is 18.5 Å². The average molecular weight is 344 g/mol. The molecule has 1 saturated heterocycles. The average Bonchev–Trinajstić information content (AvgIpc) is 3.01. The number of benzene rings is 1. The van der Waals surface area contributed by atoms with Crippen LogP contribution in [0.4, 0.5) is 0 Å². The number of aliphatic hydroxyl groups excluding tert-OH is 1. The first-order chi connectivity index (χ1) is 12.1. The fraction of sp³-hybridized carbons (Fsp3) is 0.526. The Balaban J connectivity index is 1.37. The van der Waals surface area contributed by atoms with E-state index in [2.05, 4.69) is 21.1 Å². The van der Waals surface area contributed by atoms with Crippen LogP contribution in [0.1, 0.15) is 11.1 Å². The van der Waals surface area contributed by atoms with Crippen LogP contribution in [0.2, 0.25) is 0 Å². The van der Waals surface area contributed by atoms with E-state index in [0.29, 0.717) is 13.2 Å². The Morgan fingerprint density at radius 3 is 2.56 bits per heavy atom. The van der Waals surface area contributed by atoms with Crippen molar-refractivity contribution in [2.24, 2.45) is 7.05 Å². The highest BCUT2D eigenvalue weighted by Crippen LogP contribution is 2.16. The van der Waals surface area contributed by atoms with Gasteiger partial charge >= 0.3 is 0 Å². The Kier molecular flexibility index (Phi) is 6.07. The van der Waals surface area contributed by atoms with E-state index >= 15 is 0 Å². The molecule has 136 valence electrons. The first kappa shape index (κ1) is 17.9. The predicted octanol–water partition coefficient (Wildman–Crippen LogP) is 1.29. The van der Waals surface area contributed by atoms with E-state index < -0.39 is 6.10 Å². The van der Waals surface area contributed by atoms with Crippen molar-refractivity contribution in [3.63, 3.8) is 0 Å². The summed E-state index contributed by atoms with van der Waals surface area (Å²) in [5.41, 5.74) is 2.35. The first-order valence-electron chi connectivity index (χ1n) is 8.89. The van der Waals surface area contributed by atoms with Gasteiger partial charge in [-0.1, -0.05) is 18.2 Å². The molecule has 0 radical (unpaired) electrons. The zero-order chi connectivity index (χ0) is 17.6.